The van der Waals surface area contributed by atoms with Gasteiger partial charge in [-0.15, -0.1) is 0 Å². The van der Waals surface area contributed by atoms with Crippen molar-refractivity contribution in [2.45, 2.75) is 50.6 Å². The molecule has 1 heterocycles. The minimum atomic E-state index is -3.27. The van der Waals surface area contributed by atoms with Crippen LogP contribution < -0.4 is 0 Å². The van der Waals surface area contributed by atoms with E-state index in [1.807, 2.05) is 32.9 Å². The third-order valence-electron chi connectivity index (χ3n) is 3.44. The van der Waals surface area contributed by atoms with Crippen LogP contribution in [0.15, 0.2) is 29.2 Å². The zero-order valence-electron chi connectivity index (χ0n) is 10.6. The lowest BCUT2D eigenvalue weighted by Crippen LogP contribution is -2.15. The molecular weight excluding hydrogens is 234 g/mol. The van der Waals surface area contributed by atoms with Crippen LogP contribution in [-0.2, 0) is 10.0 Å². The molecule has 4 heteroatoms. The van der Waals surface area contributed by atoms with Crippen molar-refractivity contribution in [2.75, 3.05) is 0 Å². The molecule has 1 unspecified atom stereocenters. The summed E-state index contributed by atoms with van der Waals surface area (Å²) < 4.78 is 26.4. The fourth-order valence-electron chi connectivity index (χ4n) is 2.40. The maximum atomic E-state index is 12.4. The summed E-state index contributed by atoms with van der Waals surface area (Å²) in [6, 6.07) is 7.49. The van der Waals surface area contributed by atoms with Crippen LogP contribution in [0.1, 0.15) is 32.3 Å². The Hall–Kier alpha value is -0.870. The summed E-state index contributed by atoms with van der Waals surface area (Å²) in [7, 11) is -3.27. The van der Waals surface area contributed by atoms with Crippen LogP contribution >= 0.6 is 0 Å². The van der Waals surface area contributed by atoms with Gasteiger partial charge in [0.25, 0.3) is 0 Å². The molecule has 0 saturated carbocycles. The quantitative estimate of drug-likeness (QED) is 0.773. The van der Waals surface area contributed by atoms with E-state index in [-0.39, 0.29) is 12.1 Å². The number of hydrogen-bond acceptors (Lipinski definition) is 2. The average Bonchev–Trinajstić information content (AvgIpc) is 3.03. The van der Waals surface area contributed by atoms with Gasteiger partial charge in [0.2, 0.25) is 10.0 Å². The van der Waals surface area contributed by atoms with Gasteiger partial charge in [0, 0.05) is 12.1 Å². The zero-order valence-corrected chi connectivity index (χ0v) is 11.4. The molecular formula is C13H19NO2S. The third-order valence-corrected chi connectivity index (χ3v) is 5.41. The number of hydrogen-bond donors (Lipinski definition) is 0. The summed E-state index contributed by atoms with van der Waals surface area (Å²) >= 11 is 0. The van der Waals surface area contributed by atoms with E-state index < -0.39 is 10.0 Å². The van der Waals surface area contributed by atoms with E-state index in [2.05, 4.69) is 0 Å². The molecule has 0 radical (unpaired) electrons. The average molecular weight is 253 g/mol. The summed E-state index contributed by atoms with van der Waals surface area (Å²) in [5.41, 5.74) is 1.08. The molecule has 1 aliphatic heterocycles. The predicted octanol–water partition coefficient (Wildman–Crippen LogP) is 2.56. The highest BCUT2D eigenvalue weighted by Crippen LogP contribution is 2.39. The highest BCUT2D eigenvalue weighted by Gasteiger charge is 2.52. The highest BCUT2D eigenvalue weighted by atomic mass is 32.2. The number of benzene rings is 1. The van der Waals surface area contributed by atoms with Crippen molar-refractivity contribution in [1.29, 1.82) is 0 Å². The first-order valence-corrected chi connectivity index (χ1v) is 7.56. The van der Waals surface area contributed by atoms with Gasteiger partial charge in [-0.3, -0.25) is 0 Å². The Morgan fingerprint density at radius 2 is 1.53 bits per heavy atom. The van der Waals surface area contributed by atoms with Gasteiger partial charge in [0.05, 0.1) is 4.90 Å². The zero-order chi connectivity index (χ0) is 12.6. The van der Waals surface area contributed by atoms with E-state index in [0.717, 1.165) is 18.4 Å². The molecule has 1 fully saturated rings. The van der Waals surface area contributed by atoms with Gasteiger partial charge in [-0.25, -0.2) is 8.42 Å². The largest absolute Gasteiger partial charge is 0.243 e. The molecule has 0 aromatic heterocycles. The fraction of sp³-hybridized carbons (Fsp3) is 0.538. The van der Waals surface area contributed by atoms with E-state index in [4.69, 9.17) is 0 Å². The minimum absolute atomic E-state index is 0.200. The maximum Gasteiger partial charge on any atom is 0.243 e. The Morgan fingerprint density at radius 3 is 1.94 bits per heavy atom. The molecule has 3 atom stereocenters. The van der Waals surface area contributed by atoms with E-state index >= 15 is 0 Å². The molecule has 0 spiro atoms. The third kappa shape index (κ3) is 2.11. The number of nitrogens with zero attached hydrogens (tertiary/aromatic N) is 1. The van der Waals surface area contributed by atoms with Gasteiger partial charge >= 0.3 is 0 Å². The first-order chi connectivity index (χ1) is 8.02. The van der Waals surface area contributed by atoms with Gasteiger partial charge < -0.3 is 0 Å². The minimum Gasteiger partial charge on any atom is -0.207 e. The molecule has 2 rings (SSSR count). The van der Waals surface area contributed by atoms with E-state index in [9.17, 15) is 8.42 Å². The molecule has 1 aliphatic rings. The Balaban J connectivity index is 2.29. The van der Waals surface area contributed by atoms with Crippen molar-refractivity contribution in [3.05, 3.63) is 29.8 Å². The lowest BCUT2D eigenvalue weighted by Gasteiger charge is -2.06. The van der Waals surface area contributed by atoms with Gasteiger partial charge in [-0.05, 0) is 31.9 Å². The Labute approximate surface area is 104 Å². The number of rotatable bonds is 4. The summed E-state index contributed by atoms with van der Waals surface area (Å²) in [6.07, 6.45) is 1.78. The molecule has 0 N–H and O–H groups in total. The van der Waals surface area contributed by atoms with E-state index in [1.54, 1.807) is 16.4 Å². The highest BCUT2D eigenvalue weighted by molar-refractivity contribution is 7.89. The van der Waals surface area contributed by atoms with Crippen molar-refractivity contribution in [3.63, 3.8) is 0 Å². The molecule has 94 valence electrons. The lowest BCUT2D eigenvalue weighted by molar-refractivity contribution is 0.541. The molecule has 0 aliphatic carbocycles. The Morgan fingerprint density at radius 1 is 1.06 bits per heavy atom. The van der Waals surface area contributed by atoms with E-state index in [1.165, 1.54) is 0 Å². The summed E-state index contributed by atoms with van der Waals surface area (Å²) in [4.78, 5) is 0.414. The topological polar surface area (TPSA) is 37.1 Å². The van der Waals surface area contributed by atoms with Crippen LogP contribution in [0, 0.1) is 6.92 Å². The van der Waals surface area contributed by atoms with E-state index in [0.29, 0.717) is 4.90 Å². The molecule has 17 heavy (non-hydrogen) atoms. The van der Waals surface area contributed by atoms with Gasteiger partial charge in [0.15, 0.2) is 0 Å². The van der Waals surface area contributed by atoms with Crippen LogP contribution in [0.4, 0.5) is 0 Å². The molecule has 1 aromatic carbocycles. The standard InChI is InChI=1S/C13H19NO2S/c1-4-12-13(5-2)14(12)17(15,16)11-8-6-10(3)7-9-11/h6-9,12-13H,4-5H2,1-3H3/t12-,13+,14?. The maximum absolute atomic E-state index is 12.4. The monoisotopic (exact) mass is 253 g/mol. The van der Waals surface area contributed by atoms with Crippen LogP contribution in [-0.4, -0.2) is 24.8 Å². The van der Waals surface area contributed by atoms with Crippen LogP contribution in [0.3, 0.4) is 0 Å². The second-order valence-electron chi connectivity index (χ2n) is 4.60. The van der Waals surface area contributed by atoms with Crippen molar-refractivity contribution >= 4 is 10.0 Å². The summed E-state index contributed by atoms with van der Waals surface area (Å²) in [5, 5.41) is 0. The molecule has 3 nitrogen and oxygen atoms in total. The van der Waals surface area contributed by atoms with Crippen molar-refractivity contribution < 1.29 is 8.42 Å². The van der Waals surface area contributed by atoms with Gasteiger partial charge in [0.1, 0.15) is 0 Å². The number of sulfonamides is 1. The predicted molar refractivity (Wildman–Crippen MR) is 68.4 cm³/mol. The fourth-order valence-corrected chi connectivity index (χ4v) is 4.36. The number of aryl methyl sites for hydroxylation is 1. The van der Waals surface area contributed by atoms with Crippen LogP contribution in [0.5, 0.6) is 0 Å². The van der Waals surface area contributed by atoms with Gasteiger partial charge in [-0.2, -0.15) is 4.31 Å². The first kappa shape index (κ1) is 12.6. The summed E-state index contributed by atoms with van der Waals surface area (Å²) in [5.74, 6) is 0. The molecule has 0 bridgehead atoms. The lowest BCUT2D eigenvalue weighted by atomic mass is 10.2. The Kier molecular flexibility index (Phi) is 3.27. The Bertz CT molecular complexity index is 483. The smallest absolute Gasteiger partial charge is 0.207 e. The second kappa shape index (κ2) is 4.42. The first-order valence-electron chi connectivity index (χ1n) is 6.12. The SMILES string of the molecule is CC[C@@H]1[C@H](CC)N1S(=O)(=O)c1ccc(C)cc1. The van der Waals surface area contributed by atoms with Crippen LogP contribution in [0.2, 0.25) is 0 Å². The van der Waals surface area contributed by atoms with Crippen LogP contribution in [0.25, 0.3) is 0 Å². The van der Waals surface area contributed by atoms with Crippen molar-refractivity contribution in [2.24, 2.45) is 0 Å². The molecule has 1 saturated heterocycles. The molecule has 1 aromatic rings. The summed E-state index contributed by atoms with van der Waals surface area (Å²) in [6.45, 7) is 6.04. The second-order valence-corrected chi connectivity index (χ2v) is 6.44. The van der Waals surface area contributed by atoms with Crippen molar-refractivity contribution in [3.8, 4) is 0 Å². The molecule has 0 amide bonds. The normalized spacial score (nSPS) is 28.1. The van der Waals surface area contributed by atoms with Crippen molar-refractivity contribution in [1.82, 2.24) is 4.31 Å². The van der Waals surface area contributed by atoms with Gasteiger partial charge in [-0.1, -0.05) is 31.5 Å².